The Morgan fingerprint density at radius 3 is 1.64 bits per heavy atom. The summed E-state index contributed by atoms with van der Waals surface area (Å²) >= 11 is 0. The van der Waals surface area contributed by atoms with E-state index >= 15 is 0 Å². The third-order valence-corrected chi connectivity index (χ3v) is 6.21. The van der Waals surface area contributed by atoms with Gasteiger partial charge in [0.25, 0.3) is 0 Å². The average molecular weight is 424 g/mol. The molecule has 0 N–H and O–H groups in total. The molecular weight excluding hydrogens is 402 g/mol. The molecule has 5 aromatic carbocycles. The molecule has 0 aliphatic carbocycles. The van der Waals surface area contributed by atoms with E-state index in [2.05, 4.69) is 77.4 Å². The SMILES string of the molecule is O=c1c2ccccc2n(-c2ccc(-c3ccccc3)cc2)c2ccc(-c3ccccc3)cc12. The van der Waals surface area contributed by atoms with Crippen molar-refractivity contribution in [2.75, 3.05) is 0 Å². The normalized spacial score (nSPS) is 11.2. The predicted octanol–water partition coefficient (Wildman–Crippen LogP) is 7.48. The van der Waals surface area contributed by atoms with Gasteiger partial charge in [-0.2, -0.15) is 0 Å². The van der Waals surface area contributed by atoms with Crippen LogP contribution in [0.2, 0.25) is 0 Å². The molecule has 2 nitrogen and oxygen atoms in total. The monoisotopic (exact) mass is 423 g/mol. The number of hydrogen-bond acceptors (Lipinski definition) is 1. The van der Waals surface area contributed by atoms with Gasteiger partial charge in [0.2, 0.25) is 0 Å². The van der Waals surface area contributed by atoms with Crippen LogP contribution in [0.3, 0.4) is 0 Å². The highest BCUT2D eigenvalue weighted by molar-refractivity contribution is 5.97. The van der Waals surface area contributed by atoms with Gasteiger partial charge >= 0.3 is 0 Å². The summed E-state index contributed by atoms with van der Waals surface area (Å²) < 4.78 is 2.19. The molecule has 0 unspecified atom stereocenters. The third-order valence-electron chi connectivity index (χ3n) is 6.21. The fourth-order valence-corrected chi connectivity index (χ4v) is 4.57. The maximum absolute atomic E-state index is 13.5. The van der Waals surface area contributed by atoms with E-state index in [0.29, 0.717) is 0 Å². The van der Waals surface area contributed by atoms with E-state index in [9.17, 15) is 4.79 Å². The van der Waals surface area contributed by atoms with Gasteiger partial charge in [-0.25, -0.2) is 0 Å². The second-order valence-electron chi connectivity index (χ2n) is 8.19. The van der Waals surface area contributed by atoms with Gasteiger partial charge in [0.15, 0.2) is 5.43 Å². The summed E-state index contributed by atoms with van der Waals surface area (Å²) in [6.45, 7) is 0. The number of aromatic nitrogens is 1. The number of para-hydroxylation sites is 1. The first-order valence-corrected chi connectivity index (χ1v) is 11.1. The summed E-state index contributed by atoms with van der Waals surface area (Å²) in [6, 6.07) is 43.1. The Bertz CT molecular complexity index is 1650. The van der Waals surface area contributed by atoms with Gasteiger partial charge in [-0.3, -0.25) is 4.79 Å². The fourth-order valence-electron chi connectivity index (χ4n) is 4.57. The number of pyridine rings is 1. The van der Waals surface area contributed by atoms with Crippen LogP contribution in [0.5, 0.6) is 0 Å². The molecule has 2 heteroatoms. The molecule has 0 spiro atoms. The van der Waals surface area contributed by atoms with Crippen LogP contribution in [-0.4, -0.2) is 4.57 Å². The highest BCUT2D eigenvalue weighted by Crippen LogP contribution is 2.29. The molecule has 1 aromatic heterocycles. The summed E-state index contributed by atoms with van der Waals surface area (Å²) in [5, 5.41) is 1.45. The topological polar surface area (TPSA) is 22.0 Å². The minimum atomic E-state index is 0.0653. The van der Waals surface area contributed by atoms with Crippen molar-refractivity contribution in [3.63, 3.8) is 0 Å². The van der Waals surface area contributed by atoms with Crippen LogP contribution in [0.25, 0.3) is 49.7 Å². The lowest BCUT2D eigenvalue weighted by Crippen LogP contribution is -2.10. The van der Waals surface area contributed by atoms with Crippen LogP contribution in [0, 0.1) is 0 Å². The van der Waals surface area contributed by atoms with Gasteiger partial charge in [0.05, 0.1) is 11.0 Å². The van der Waals surface area contributed by atoms with E-state index in [1.807, 2.05) is 54.6 Å². The number of hydrogen-bond donors (Lipinski definition) is 0. The van der Waals surface area contributed by atoms with Crippen molar-refractivity contribution >= 4 is 21.8 Å². The first kappa shape index (κ1) is 19.3. The van der Waals surface area contributed by atoms with E-state index in [-0.39, 0.29) is 5.43 Å². The van der Waals surface area contributed by atoms with Gasteiger partial charge in [-0.1, -0.05) is 91.0 Å². The molecule has 0 amide bonds. The predicted molar refractivity (Wildman–Crippen MR) is 138 cm³/mol. The smallest absolute Gasteiger partial charge is 0.197 e. The zero-order chi connectivity index (χ0) is 22.2. The third kappa shape index (κ3) is 3.33. The van der Waals surface area contributed by atoms with E-state index in [1.165, 1.54) is 11.1 Å². The molecule has 33 heavy (non-hydrogen) atoms. The molecule has 6 aromatic rings. The van der Waals surface area contributed by atoms with Gasteiger partial charge in [0.1, 0.15) is 0 Å². The van der Waals surface area contributed by atoms with Gasteiger partial charge in [-0.15, -0.1) is 0 Å². The van der Waals surface area contributed by atoms with E-state index in [4.69, 9.17) is 0 Å². The summed E-state index contributed by atoms with van der Waals surface area (Å²) in [5.41, 5.74) is 7.42. The van der Waals surface area contributed by atoms with Crippen molar-refractivity contribution in [3.05, 3.63) is 138 Å². The molecule has 0 aliphatic rings. The Morgan fingerprint density at radius 2 is 0.939 bits per heavy atom. The molecule has 0 fully saturated rings. The van der Waals surface area contributed by atoms with Crippen LogP contribution in [0.1, 0.15) is 0 Å². The first-order valence-electron chi connectivity index (χ1n) is 11.1. The lowest BCUT2D eigenvalue weighted by molar-refractivity contribution is 1.16. The molecule has 0 atom stereocenters. The van der Waals surface area contributed by atoms with Crippen molar-refractivity contribution in [1.29, 1.82) is 0 Å². The van der Waals surface area contributed by atoms with Crippen LogP contribution in [0.4, 0.5) is 0 Å². The van der Waals surface area contributed by atoms with Gasteiger partial charge in [-0.05, 0) is 58.7 Å². The van der Waals surface area contributed by atoms with E-state index < -0.39 is 0 Å². The summed E-state index contributed by atoms with van der Waals surface area (Å²) in [4.78, 5) is 13.5. The quantitative estimate of drug-likeness (QED) is 0.271. The standard InChI is InChI=1S/C31H21NO/c33-31-27-13-7-8-14-29(27)32(26-18-15-24(16-19-26)22-9-3-1-4-10-22)30-20-17-25(21-28(30)31)23-11-5-2-6-12-23/h1-21H. The van der Waals surface area contributed by atoms with E-state index in [0.717, 1.165) is 38.6 Å². The zero-order valence-corrected chi connectivity index (χ0v) is 18.0. The Labute approximate surface area is 192 Å². The van der Waals surface area contributed by atoms with Crippen molar-refractivity contribution in [2.24, 2.45) is 0 Å². The molecule has 156 valence electrons. The average Bonchev–Trinajstić information content (AvgIpc) is 2.90. The molecule has 0 bridgehead atoms. The molecule has 6 rings (SSSR count). The Balaban J connectivity index is 1.60. The minimum absolute atomic E-state index is 0.0653. The van der Waals surface area contributed by atoms with Gasteiger partial charge in [0, 0.05) is 16.5 Å². The van der Waals surface area contributed by atoms with Crippen molar-refractivity contribution in [3.8, 4) is 27.9 Å². The maximum atomic E-state index is 13.5. The molecular formula is C31H21NO. The fraction of sp³-hybridized carbons (Fsp3) is 0. The van der Waals surface area contributed by atoms with Crippen LogP contribution in [-0.2, 0) is 0 Å². The number of nitrogens with zero attached hydrogens (tertiary/aromatic N) is 1. The van der Waals surface area contributed by atoms with Crippen LogP contribution >= 0.6 is 0 Å². The second kappa shape index (κ2) is 7.92. The van der Waals surface area contributed by atoms with Gasteiger partial charge < -0.3 is 4.57 Å². The first-order chi connectivity index (χ1) is 16.3. The summed E-state index contributed by atoms with van der Waals surface area (Å²) in [7, 11) is 0. The zero-order valence-electron chi connectivity index (χ0n) is 18.0. The maximum Gasteiger partial charge on any atom is 0.197 e. The number of rotatable bonds is 3. The lowest BCUT2D eigenvalue weighted by Gasteiger charge is -2.16. The molecule has 0 saturated heterocycles. The molecule has 0 radical (unpaired) electrons. The minimum Gasteiger partial charge on any atom is -0.309 e. The number of benzene rings is 5. The highest BCUT2D eigenvalue weighted by atomic mass is 16.1. The summed E-state index contributed by atoms with van der Waals surface area (Å²) in [5.74, 6) is 0. The Hall–Kier alpha value is -4.43. The highest BCUT2D eigenvalue weighted by Gasteiger charge is 2.13. The largest absolute Gasteiger partial charge is 0.309 e. The van der Waals surface area contributed by atoms with Crippen LogP contribution < -0.4 is 5.43 Å². The van der Waals surface area contributed by atoms with E-state index in [1.54, 1.807) is 0 Å². The Kier molecular flexibility index (Phi) is 4.63. The Morgan fingerprint density at radius 1 is 0.424 bits per heavy atom. The second-order valence-corrected chi connectivity index (χ2v) is 8.19. The summed E-state index contributed by atoms with van der Waals surface area (Å²) in [6.07, 6.45) is 0. The van der Waals surface area contributed by atoms with Crippen molar-refractivity contribution in [2.45, 2.75) is 0 Å². The molecule has 1 heterocycles. The van der Waals surface area contributed by atoms with Crippen molar-refractivity contribution < 1.29 is 0 Å². The molecule has 0 aliphatic heterocycles. The molecule has 0 saturated carbocycles. The van der Waals surface area contributed by atoms with Crippen molar-refractivity contribution in [1.82, 2.24) is 4.57 Å². The number of fused-ring (bicyclic) bond motifs is 2. The lowest BCUT2D eigenvalue weighted by atomic mass is 10.0. The van der Waals surface area contributed by atoms with Crippen LogP contribution in [0.15, 0.2) is 132 Å².